The molecule has 2 aromatic rings. The van der Waals surface area contributed by atoms with Crippen molar-refractivity contribution in [1.29, 1.82) is 0 Å². The predicted molar refractivity (Wildman–Crippen MR) is 198 cm³/mol. The average Bonchev–Trinajstić information content (AvgIpc) is 3.33. The van der Waals surface area contributed by atoms with Gasteiger partial charge in [-0.3, -0.25) is 0 Å². The molecule has 3 aliphatic rings. The van der Waals surface area contributed by atoms with Gasteiger partial charge in [0.05, 0.1) is 0 Å². The van der Waals surface area contributed by atoms with Crippen molar-refractivity contribution in [3.05, 3.63) is 79.9 Å². The van der Waals surface area contributed by atoms with Gasteiger partial charge in [0.2, 0.25) is 0 Å². The van der Waals surface area contributed by atoms with Gasteiger partial charge in [0.1, 0.15) is 0 Å². The maximum absolute atomic E-state index is 3.23. The molecule has 1 heterocycles. The maximum Gasteiger partial charge on any atom is -1.00 e. The van der Waals surface area contributed by atoms with Crippen LogP contribution < -0.4 is 24.8 Å². The van der Waals surface area contributed by atoms with Crippen molar-refractivity contribution in [3.63, 3.8) is 0 Å². The van der Waals surface area contributed by atoms with Crippen LogP contribution in [0.3, 0.4) is 0 Å². The Morgan fingerprint density at radius 3 is 0.872 bits per heavy atom. The van der Waals surface area contributed by atoms with Crippen LogP contribution in [0.2, 0.25) is 8.35 Å². The van der Waals surface area contributed by atoms with E-state index in [0.717, 1.165) is 0 Å². The largest absolute Gasteiger partial charge is 1.00 e. The fraction of sp³-hybridized carbons (Fsp3) is 0.636. The van der Waals surface area contributed by atoms with Gasteiger partial charge in [-0.05, 0) is 0 Å². The van der Waals surface area contributed by atoms with Crippen LogP contribution in [-0.4, -0.2) is 0 Å². The van der Waals surface area contributed by atoms with Crippen molar-refractivity contribution in [2.45, 2.75) is 162 Å². The molecule has 0 amide bonds. The van der Waals surface area contributed by atoms with Crippen LogP contribution in [0.15, 0.2) is 35.4 Å². The molecule has 2 atom stereocenters. The van der Waals surface area contributed by atoms with Gasteiger partial charge in [-0.2, -0.15) is 0 Å². The molecular formula is C44H66Cl2Hf. The fourth-order valence-corrected chi connectivity index (χ4v) is 38.4. The van der Waals surface area contributed by atoms with Gasteiger partial charge in [0.15, 0.2) is 0 Å². The molecule has 0 nitrogen and oxygen atoms in total. The molecule has 5 rings (SSSR count). The Balaban J connectivity index is 0.00000300. The average molecular weight is 844 g/mol. The van der Waals surface area contributed by atoms with E-state index < -0.39 is 20.0 Å². The smallest absolute Gasteiger partial charge is 1.00 e. The van der Waals surface area contributed by atoms with E-state index in [9.17, 15) is 0 Å². The second kappa shape index (κ2) is 12.3. The first-order chi connectivity index (χ1) is 20.1. The number of fused-ring (bicyclic) bond motifs is 2. The van der Waals surface area contributed by atoms with Crippen molar-refractivity contribution < 1.29 is 44.8 Å². The van der Waals surface area contributed by atoms with Gasteiger partial charge in [-0.1, -0.05) is 0 Å². The van der Waals surface area contributed by atoms with E-state index in [4.69, 9.17) is 0 Å². The van der Waals surface area contributed by atoms with E-state index in [2.05, 4.69) is 161 Å². The summed E-state index contributed by atoms with van der Waals surface area (Å²) in [4.78, 5) is 0. The van der Waals surface area contributed by atoms with Gasteiger partial charge in [0.25, 0.3) is 0 Å². The molecule has 260 valence electrons. The summed E-state index contributed by atoms with van der Waals surface area (Å²) < 4.78 is 4.29. The number of rotatable bonds is 2. The molecule has 0 aromatic heterocycles. The molecule has 0 saturated carbocycles. The van der Waals surface area contributed by atoms with Crippen LogP contribution in [0, 0.1) is 10.8 Å². The van der Waals surface area contributed by atoms with Crippen molar-refractivity contribution in [3.8, 4) is 0 Å². The SMILES string of the molecule is CC(C)(C)C1=Cc2c(C(C)(C)C)ccc(C(C)(C)C)c2[CH]1[Hf+2]1([CH]2C(C(C)(C)C)=Cc3c(C(C)(C)C)ccc(C(C)(C)C)c32)[CH2][CH2]1.[Cl-].[Cl-]. The number of benzene rings is 2. The van der Waals surface area contributed by atoms with Crippen LogP contribution in [0.5, 0.6) is 0 Å². The molecule has 47 heavy (non-hydrogen) atoms. The van der Waals surface area contributed by atoms with Gasteiger partial charge >= 0.3 is 285 Å². The standard InChI is InChI=1S/2C21H31.C2H4.2ClH.Hf/c2*1-19(2,3)14-12-15-16(13-14)18(21(7,8)9)11-10-17(15)20(4,5)6;1-2;;;/h2*10-13H,1-9H3;1-2H2;2*1H;/q;;;;;+2/p-2. The Hall–Kier alpha value is -0.630. The van der Waals surface area contributed by atoms with Crippen LogP contribution in [0.25, 0.3) is 12.2 Å². The minimum atomic E-state index is -3.23. The predicted octanol–water partition coefficient (Wildman–Crippen LogP) is 7.56. The Labute approximate surface area is 307 Å². The van der Waals surface area contributed by atoms with E-state index >= 15 is 0 Å². The Kier molecular flexibility index (Phi) is 10.6. The van der Waals surface area contributed by atoms with Gasteiger partial charge in [-0.15, -0.1) is 0 Å². The quantitative estimate of drug-likeness (QED) is 0.274. The van der Waals surface area contributed by atoms with E-state index in [0.29, 0.717) is 7.35 Å². The topological polar surface area (TPSA) is 0 Å². The van der Waals surface area contributed by atoms with Crippen LogP contribution in [0.1, 0.15) is 176 Å². The maximum atomic E-state index is 2.74. The van der Waals surface area contributed by atoms with E-state index in [1.54, 1.807) is 55.7 Å². The van der Waals surface area contributed by atoms with E-state index in [1.165, 1.54) is 8.35 Å². The normalized spacial score (nSPS) is 20.2. The zero-order chi connectivity index (χ0) is 34.1. The van der Waals surface area contributed by atoms with Crippen molar-refractivity contribution >= 4 is 12.2 Å². The third kappa shape index (κ3) is 7.01. The monoisotopic (exact) mass is 844 g/mol. The molecule has 3 heteroatoms. The van der Waals surface area contributed by atoms with Gasteiger partial charge in [-0.25, -0.2) is 0 Å². The number of allylic oxidation sites excluding steroid dienone is 2. The third-order valence-electron chi connectivity index (χ3n) is 11.3. The molecular weight excluding hydrogens is 778 g/mol. The van der Waals surface area contributed by atoms with Crippen LogP contribution in [0.4, 0.5) is 0 Å². The zero-order valence-corrected chi connectivity index (χ0v) is 38.4. The molecule has 0 N–H and O–H groups in total. The van der Waals surface area contributed by atoms with Crippen LogP contribution >= 0.6 is 0 Å². The van der Waals surface area contributed by atoms with Crippen molar-refractivity contribution in [2.24, 2.45) is 10.8 Å². The molecule has 2 unspecified atom stereocenters. The van der Waals surface area contributed by atoms with E-state index in [-0.39, 0.29) is 57.3 Å². The summed E-state index contributed by atoms with van der Waals surface area (Å²) >= 11 is -3.23. The fourth-order valence-electron chi connectivity index (χ4n) is 8.99. The minimum Gasteiger partial charge on any atom is -1.00 e. The zero-order valence-electron chi connectivity index (χ0n) is 33.3. The molecule has 0 bridgehead atoms. The summed E-state index contributed by atoms with van der Waals surface area (Å²) in [5.74, 6) is 0. The third-order valence-corrected chi connectivity index (χ3v) is 29.8. The summed E-state index contributed by atoms with van der Waals surface area (Å²) in [6, 6.07) is 10.1. The Morgan fingerprint density at radius 1 is 0.404 bits per heavy atom. The molecule has 0 radical (unpaired) electrons. The first kappa shape index (κ1) is 40.8. The second-order valence-corrected chi connectivity index (χ2v) is 37.9. The van der Waals surface area contributed by atoms with E-state index in [1.807, 2.05) is 0 Å². The number of hydrogen-bond acceptors (Lipinski definition) is 0. The Morgan fingerprint density at radius 2 is 0.660 bits per heavy atom. The van der Waals surface area contributed by atoms with Gasteiger partial charge in [0, 0.05) is 0 Å². The molecule has 1 saturated heterocycles. The number of hydrogen-bond donors (Lipinski definition) is 0. The van der Waals surface area contributed by atoms with Crippen molar-refractivity contribution in [2.75, 3.05) is 0 Å². The Bertz CT molecular complexity index is 1470. The second-order valence-electron chi connectivity index (χ2n) is 21.3. The summed E-state index contributed by atoms with van der Waals surface area (Å²) in [7, 11) is 0. The molecule has 1 fully saturated rings. The summed E-state index contributed by atoms with van der Waals surface area (Å²) in [6.45, 7) is 44.4. The minimum absolute atomic E-state index is 0. The molecule has 1 aliphatic heterocycles. The summed E-state index contributed by atoms with van der Waals surface area (Å²) in [5, 5.41) is 0. The van der Waals surface area contributed by atoms with Crippen molar-refractivity contribution in [1.82, 2.24) is 0 Å². The summed E-state index contributed by atoms with van der Waals surface area (Å²) in [6.07, 6.45) is 5.48. The summed E-state index contributed by atoms with van der Waals surface area (Å²) in [5.41, 5.74) is 17.2. The molecule has 0 spiro atoms. The van der Waals surface area contributed by atoms with Crippen LogP contribution in [-0.2, 0) is 41.6 Å². The first-order valence-electron chi connectivity index (χ1n) is 17.9. The molecule has 2 aromatic carbocycles. The first-order valence-corrected chi connectivity index (χ1v) is 27.1. The molecule has 2 aliphatic carbocycles. The number of halogens is 2. The van der Waals surface area contributed by atoms with Gasteiger partial charge < -0.3 is 24.8 Å².